The summed E-state index contributed by atoms with van der Waals surface area (Å²) < 4.78 is 7.32. The third kappa shape index (κ3) is 4.81. The molecule has 0 aliphatic heterocycles. The molecule has 1 aromatic heterocycles. The number of aromatic nitrogens is 2. The second kappa shape index (κ2) is 8.03. The molecule has 0 radical (unpaired) electrons. The molecule has 3 rings (SSSR count). The molecule has 6 nitrogen and oxygen atoms in total. The van der Waals surface area contributed by atoms with E-state index in [2.05, 4.69) is 33.4 Å². The van der Waals surface area contributed by atoms with E-state index in [0.29, 0.717) is 13.0 Å². The molecule has 1 saturated carbocycles. The van der Waals surface area contributed by atoms with Gasteiger partial charge in [0.05, 0.1) is 12.8 Å². The molecule has 1 amide bonds. The molecule has 6 heteroatoms. The average molecular weight is 370 g/mol. The van der Waals surface area contributed by atoms with Gasteiger partial charge in [-0.25, -0.2) is 0 Å². The van der Waals surface area contributed by atoms with E-state index in [4.69, 9.17) is 4.74 Å². The van der Waals surface area contributed by atoms with Crippen molar-refractivity contribution in [1.29, 1.82) is 0 Å². The van der Waals surface area contributed by atoms with E-state index in [1.54, 1.807) is 7.11 Å². The highest BCUT2D eigenvalue weighted by molar-refractivity contribution is 5.84. The summed E-state index contributed by atoms with van der Waals surface area (Å²) in [6.45, 7) is 7.68. The van der Waals surface area contributed by atoms with Crippen LogP contribution in [0.5, 0.6) is 5.75 Å². The Labute approximate surface area is 161 Å². The molecule has 0 bridgehead atoms. The van der Waals surface area contributed by atoms with Crippen LogP contribution in [0.15, 0.2) is 30.3 Å². The van der Waals surface area contributed by atoms with Crippen LogP contribution in [0.4, 0.5) is 5.69 Å². The van der Waals surface area contributed by atoms with E-state index in [1.807, 2.05) is 38.1 Å². The van der Waals surface area contributed by atoms with Crippen LogP contribution in [0.25, 0.3) is 0 Å². The van der Waals surface area contributed by atoms with Gasteiger partial charge in [-0.05, 0) is 51.3 Å². The van der Waals surface area contributed by atoms with E-state index in [-0.39, 0.29) is 17.4 Å². The average Bonchev–Trinajstić information content (AvgIpc) is 3.35. The number of nitrogens with one attached hydrogen (secondary N) is 2. The first-order valence-corrected chi connectivity index (χ1v) is 9.64. The molecule has 2 N–H and O–H groups in total. The zero-order valence-electron chi connectivity index (χ0n) is 16.7. The van der Waals surface area contributed by atoms with Gasteiger partial charge in [-0.1, -0.05) is 13.0 Å². The summed E-state index contributed by atoms with van der Waals surface area (Å²) >= 11 is 0. The number of anilines is 1. The zero-order valence-corrected chi connectivity index (χ0v) is 16.7. The van der Waals surface area contributed by atoms with Gasteiger partial charge in [0.15, 0.2) is 0 Å². The van der Waals surface area contributed by atoms with Gasteiger partial charge in [0.25, 0.3) is 0 Å². The third-order valence-electron chi connectivity index (χ3n) is 5.32. The Hall–Kier alpha value is -2.50. The van der Waals surface area contributed by atoms with Crippen molar-refractivity contribution < 1.29 is 9.53 Å². The van der Waals surface area contributed by atoms with Crippen LogP contribution >= 0.6 is 0 Å². The molecular formula is C21H30N4O2. The van der Waals surface area contributed by atoms with Gasteiger partial charge in [0.1, 0.15) is 11.8 Å². The van der Waals surface area contributed by atoms with Gasteiger partial charge in [0.2, 0.25) is 5.91 Å². The second-order valence-electron chi connectivity index (χ2n) is 7.64. The first-order chi connectivity index (χ1) is 12.9. The molecular weight excluding hydrogens is 340 g/mol. The molecule has 1 aromatic carbocycles. The number of hydrogen-bond donors (Lipinski definition) is 2. The number of aryl methyl sites for hydroxylation is 2. The fourth-order valence-electron chi connectivity index (χ4n) is 3.39. The van der Waals surface area contributed by atoms with Crippen LogP contribution < -0.4 is 15.4 Å². The first kappa shape index (κ1) is 19.3. The third-order valence-corrected chi connectivity index (χ3v) is 5.32. The number of ether oxygens (including phenoxy) is 1. The van der Waals surface area contributed by atoms with Gasteiger partial charge in [-0.15, -0.1) is 0 Å². The number of amides is 1. The summed E-state index contributed by atoms with van der Waals surface area (Å²) in [4.78, 5) is 12.7. The monoisotopic (exact) mass is 370 g/mol. The molecule has 0 saturated heterocycles. The number of methoxy groups -OCH3 is 1. The maximum absolute atomic E-state index is 12.7. The van der Waals surface area contributed by atoms with Gasteiger partial charge in [0, 0.05) is 36.0 Å². The summed E-state index contributed by atoms with van der Waals surface area (Å²) in [6, 6.07) is 9.49. The highest BCUT2D eigenvalue weighted by atomic mass is 16.5. The van der Waals surface area contributed by atoms with Crippen molar-refractivity contribution in [2.75, 3.05) is 19.0 Å². The van der Waals surface area contributed by atoms with Crippen LogP contribution in [0.2, 0.25) is 0 Å². The Kier molecular flexibility index (Phi) is 5.73. The Morgan fingerprint density at radius 3 is 2.70 bits per heavy atom. The van der Waals surface area contributed by atoms with Crippen LogP contribution in [-0.2, 0) is 11.3 Å². The van der Waals surface area contributed by atoms with Crippen LogP contribution in [-0.4, -0.2) is 35.4 Å². The van der Waals surface area contributed by atoms with E-state index in [0.717, 1.165) is 36.5 Å². The Morgan fingerprint density at radius 1 is 1.33 bits per heavy atom. The summed E-state index contributed by atoms with van der Waals surface area (Å²) in [5, 5.41) is 11.0. The minimum Gasteiger partial charge on any atom is -0.497 e. The summed E-state index contributed by atoms with van der Waals surface area (Å²) in [5.41, 5.74) is 3.25. The molecule has 1 aliphatic rings. The minimum absolute atomic E-state index is 0.0416. The van der Waals surface area contributed by atoms with Crippen molar-refractivity contribution in [3.05, 3.63) is 41.7 Å². The lowest BCUT2D eigenvalue weighted by Gasteiger charge is -2.21. The van der Waals surface area contributed by atoms with Crippen molar-refractivity contribution in [3.8, 4) is 5.75 Å². The molecule has 146 valence electrons. The van der Waals surface area contributed by atoms with Gasteiger partial charge < -0.3 is 15.4 Å². The summed E-state index contributed by atoms with van der Waals surface area (Å²) in [7, 11) is 1.64. The number of hydrogen-bond acceptors (Lipinski definition) is 4. The number of rotatable bonds is 9. The fraction of sp³-hybridized carbons (Fsp3) is 0.524. The summed E-state index contributed by atoms with van der Waals surface area (Å²) in [6.07, 6.45) is 2.98. The molecule has 1 unspecified atom stereocenters. The number of carbonyl (C=O) groups excluding carboxylic acids is 1. The first-order valence-electron chi connectivity index (χ1n) is 9.64. The zero-order chi connectivity index (χ0) is 19.4. The highest BCUT2D eigenvalue weighted by Gasteiger charge is 2.43. The van der Waals surface area contributed by atoms with Crippen molar-refractivity contribution in [2.24, 2.45) is 5.41 Å². The highest BCUT2D eigenvalue weighted by Crippen LogP contribution is 2.46. The SMILES string of the molecule is CCC(Nc1cccc(OC)c1)C(=O)NCC1(Cn2nc(C)cc2C)CC1. The fourth-order valence-corrected chi connectivity index (χ4v) is 3.39. The number of carbonyl (C=O) groups is 1. The summed E-state index contributed by atoms with van der Waals surface area (Å²) in [5.74, 6) is 0.817. The normalized spacial score (nSPS) is 15.9. The molecule has 27 heavy (non-hydrogen) atoms. The Bertz CT molecular complexity index is 795. The van der Waals surface area contributed by atoms with Crippen LogP contribution in [0.3, 0.4) is 0 Å². The molecule has 1 aliphatic carbocycles. The quantitative estimate of drug-likeness (QED) is 0.711. The molecule has 1 atom stereocenters. The van der Waals surface area contributed by atoms with Crippen molar-refractivity contribution in [3.63, 3.8) is 0 Å². The van der Waals surface area contributed by atoms with Crippen LogP contribution in [0.1, 0.15) is 37.6 Å². The Balaban J connectivity index is 1.56. The van der Waals surface area contributed by atoms with Crippen molar-refractivity contribution >= 4 is 11.6 Å². The van der Waals surface area contributed by atoms with Crippen molar-refractivity contribution in [1.82, 2.24) is 15.1 Å². The number of nitrogens with zero attached hydrogens (tertiary/aromatic N) is 2. The van der Waals surface area contributed by atoms with Crippen LogP contribution in [0, 0.1) is 19.3 Å². The molecule has 1 heterocycles. The van der Waals surface area contributed by atoms with E-state index in [9.17, 15) is 4.79 Å². The van der Waals surface area contributed by atoms with Gasteiger partial charge >= 0.3 is 0 Å². The lowest BCUT2D eigenvalue weighted by Crippen LogP contribution is -2.42. The topological polar surface area (TPSA) is 68.2 Å². The van der Waals surface area contributed by atoms with Crippen molar-refractivity contribution in [2.45, 2.75) is 52.6 Å². The lowest BCUT2D eigenvalue weighted by molar-refractivity contribution is -0.122. The van der Waals surface area contributed by atoms with Gasteiger partial charge in [-0.2, -0.15) is 5.10 Å². The smallest absolute Gasteiger partial charge is 0.242 e. The molecule has 2 aromatic rings. The predicted octanol–water partition coefficient (Wildman–Crippen LogP) is 3.30. The lowest BCUT2D eigenvalue weighted by atomic mass is 10.1. The number of benzene rings is 1. The Morgan fingerprint density at radius 2 is 2.11 bits per heavy atom. The van der Waals surface area contributed by atoms with E-state index < -0.39 is 0 Å². The van der Waals surface area contributed by atoms with E-state index in [1.165, 1.54) is 5.69 Å². The van der Waals surface area contributed by atoms with Gasteiger partial charge in [-0.3, -0.25) is 9.48 Å². The molecule has 0 spiro atoms. The standard InChI is InChI=1S/C21H30N4O2/c1-5-19(23-17-7-6-8-18(12-17)27-4)20(26)22-13-21(9-10-21)14-25-16(3)11-15(2)24-25/h6-8,11-12,19,23H,5,9-10,13-14H2,1-4H3,(H,22,26). The second-order valence-corrected chi connectivity index (χ2v) is 7.64. The molecule has 1 fully saturated rings. The maximum atomic E-state index is 12.7. The van der Waals surface area contributed by atoms with E-state index >= 15 is 0 Å². The maximum Gasteiger partial charge on any atom is 0.242 e. The minimum atomic E-state index is -0.262. The largest absolute Gasteiger partial charge is 0.497 e. The predicted molar refractivity (Wildman–Crippen MR) is 107 cm³/mol.